The molecule has 0 atom stereocenters. The van der Waals surface area contributed by atoms with E-state index in [1.54, 1.807) is 19.2 Å². The number of aromatic nitrogens is 2. The molecule has 0 unspecified atom stereocenters. The van der Waals surface area contributed by atoms with Crippen LogP contribution in [-0.4, -0.2) is 22.8 Å². The van der Waals surface area contributed by atoms with E-state index in [9.17, 15) is 4.79 Å². The first-order valence-electron chi connectivity index (χ1n) is 8.79. The zero-order valence-corrected chi connectivity index (χ0v) is 16.4. The van der Waals surface area contributed by atoms with Crippen LogP contribution in [0.4, 0.5) is 5.82 Å². The SMILES string of the molecule is COc1cccc(C(=O)Nc2c3c(nn2-c2cccc(C)c2C)CSC3)c1. The zero-order valence-electron chi connectivity index (χ0n) is 15.6. The Morgan fingerprint density at radius 2 is 2.00 bits per heavy atom. The lowest BCUT2D eigenvalue weighted by Gasteiger charge is -2.14. The molecule has 0 radical (unpaired) electrons. The van der Waals surface area contributed by atoms with E-state index >= 15 is 0 Å². The van der Waals surface area contributed by atoms with E-state index in [1.165, 1.54) is 5.56 Å². The highest BCUT2D eigenvalue weighted by atomic mass is 32.2. The van der Waals surface area contributed by atoms with Crippen molar-refractivity contribution >= 4 is 23.5 Å². The number of nitrogens with zero attached hydrogens (tertiary/aromatic N) is 2. The standard InChI is InChI=1S/C21H21N3O2S/c1-13-6-4-9-19(14(13)2)24-20(17-11-27-12-18(17)23-24)22-21(25)15-7-5-8-16(10-15)26-3/h4-10H,11-12H2,1-3H3,(H,22,25). The van der Waals surface area contributed by atoms with Crippen LogP contribution in [0.2, 0.25) is 0 Å². The van der Waals surface area contributed by atoms with Crippen LogP contribution in [0.1, 0.15) is 32.7 Å². The second kappa shape index (κ2) is 7.12. The third-order valence-electron chi connectivity index (χ3n) is 4.92. The van der Waals surface area contributed by atoms with Gasteiger partial charge >= 0.3 is 0 Å². The fraction of sp³-hybridized carbons (Fsp3) is 0.238. The highest BCUT2D eigenvalue weighted by Crippen LogP contribution is 2.37. The molecular weight excluding hydrogens is 358 g/mol. The number of methoxy groups -OCH3 is 1. The molecule has 1 N–H and O–H groups in total. The summed E-state index contributed by atoms with van der Waals surface area (Å²) in [6.07, 6.45) is 0. The van der Waals surface area contributed by atoms with Gasteiger partial charge in [0.1, 0.15) is 11.6 Å². The molecule has 1 aliphatic rings. The first-order valence-corrected chi connectivity index (χ1v) is 9.94. The summed E-state index contributed by atoms with van der Waals surface area (Å²) in [7, 11) is 1.59. The number of carbonyl (C=O) groups is 1. The van der Waals surface area contributed by atoms with Crippen molar-refractivity contribution in [3.05, 3.63) is 70.4 Å². The van der Waals surface area contributed by atoms with Crippen molar-refractivity contribution in [2.45, 2.75) is 25.4 Å². The topological polar surface area (TPSA) is 56.1 Å². The number of aryl methyl sites for hydroxylation is 1. The van der Waals surface area contributed by atoms with Gasteiger partial charge in [-0.15, -0.1) is 0 Å². The van der Waals surface area contributed by atoms with Crippen molar-refractivity contribution in [3.63, 3.8) is 0 Å². The average Bonchev–Trinajstić information content (AvgIpc) is 3.26. The van der Waals surface area contributed by atoms with Gasteiger partial charge in [-0.1, -0.05) is 18.2 Å². The monoisotopic (exact) mass is 379 g/mol. The molecule has 1 aromatic heterocycles. The molecule has 2 heterocycles. The lowest BCUT2D eigenvalue weighted by molar-refractivity contribution is 0.102. The Morgan fingerprint density at radius 1 is 1.19 bits per heavy atom. The van der Waals surface area contributed by atoms with E-state index in [1.807, 2.05) is 40.7 Å². The molecule has 5 nitrogen and oxygen atoms in total. The molecule has 138 valence electrons. The number of ether oxygens (including phenoxy) is 1. The molecule has 0 saturated heterocycles. The van der Waals surface area contributed by atoms with Crippen molar-refractivity contribution in [1.82, 2.24) is 9.78 Å². The Kier molecular flexibility index (Phi) is 4.66. The van der Waals surface area contributed by atoms with Gasteiger partial charge in [-0.2, -0.15) is 16.9 Å². The Balaban J connectivity index is 1.76. The summed E-state index contributed by atoms with van der Waals surface area (Å²) in [6, 6.07) is 13.3. The van der Waals surface area contributed by atoms with E-state index in [4.69, 9.17) is 9.84 Å². The summed E-state index contributed by atoms with van der Waals surface area (Å²) in [5, 5.41) is 7.90. The second-order valence-electron chi connectivity index (χ2n) is 6.58. The molecule has 3 aromatic rings. The first-order chi connectivity index (χ1) is 13.1. The first kappa shape index (κ1) is 17.7. The van der Waals surface area contributed by atoms with Crippen molar-refractivity contribution < 1.29 is 9.53 Å². The van der Waals surface area contributed by atoms with Gasteiger partial charge in [-0.05, 0) is 49.2 Å². The summed E-state index contributed by atoms with van der Waals surface area (Å²) in [5.41, 5.74) is 6.06. The lowest BCUT2D eigenvalue weighted by atomic mass is 10.1. The summed E-state index contributed by atoms with van der Waals surface area (Å²) >= 11 is 1.82. The second-order valence-corrected chi connectivity index (χ2v) is 7.57. The normalized spacial score (nSPS) is 12.7. The van der Waals surface area contributed by atoms with Gasteiger partial charge in [-0.3, -0.25) is 4.79 Å². The molecule has 2 aromatic carbocycles. The molecule has 0 bridgehead atoms. The van der Waals surface area contributed by atoms with Crippen molar-refractivity contribution in [2.24, 2.45) is 0 Å². The number of hydrogen-bond acceptors (Lipinski definition) is 4. The average molecular weight is 379 g/mol. The molecule has 1 aliphatic heterocycles. The number of hydrogen-bond donors (Lipinski definition) is 1. The van der Waals surface area contributed by atoms with Gasteiger partial charge < -0.3 is 10.1 Å². The Morgan fingerprint density at radius 3 is 2.81 bits per heavy atom. The Hall–Kier alpha value is -2.73. The minimum absolute atomic E-state index is 0.167. The van der Waals surface area contributed by atoms with Gasteiger partial charge in [0.2, 0.25) is 0 Å². The number of benzene rings is 2. The van der Waals surface area contributed by atoms with Gasteiger partial charge in [0.15, 0.2) is 0 Å². The maximum atomic E-state index is 12.9. The van der Waals surface area contributed by atoms with Gasteiger partial charge in [0.05, 0.1) is 18.5 Å². The molecular formula is C21H21N3O2S. The molecule has 1 amide bonds. The molecule has 0 saturated carbocycles. The van der Waals surface area contributed by atoms with Crippen LogP contribution >= 0.6 is 11.8 Å². The molecule has 6 heteroatoms. The summed E-state index contributed by atoms with van der Waals surface area (Å²) in [6.45, 7) is 4.17. The van der Waals surface area contributed by atoms with Crippen LogP contribution in [-0.2, 0) is 11.5 Å². The molecule has 0 spiro atoms. The summed E-state index contributed by atoms with van der Waals surface area (Å²) in [5.74, 6) is 2.98. The number of fused-ring (bicyclic) bond motifs is 1. The number of thioether (sulfide) groups is 1. The van der Waals surface area contributed by atoms with E-state index in [-0.39, 0.29) is 5.91 Å². The minimum atomic E-state index is -0.167. The predicted octanol–water partition coefficient (Wildman–Crippen LogP) is 4.50. The van der Waals surface area contributed by atoms with E-state index in [0.717, 1.165) is 39.8 Å². The number of anilines is 1. The smallest absolute Gasteiger partial charge is 0.256 e. The predicted molar refractivity (Wildman–Crippen MR) is 109 cm³/mol. The van der Waals surface area contributed by atoms with Crippen molar-refractivity contribution in [1.29, 1.82) is 0 Å². The van der Waals surface area contributed by atoms with Crippen LogP contribution in [0.5, 0.6) is 5.75 Å². The van der Waals surface area contributed by atoms with E-state index < -0.39 is 0 Å². The summed E-state index contributed by atoms with van der Waals surface area (Å²) in [4.78, 5) is 12.9. The third-order valence-corrected chi connectivity index (χ3v) is 5.89. The molecule has 0 fully saturated rings. The van der Waals surface area contributed by atoms with Crippen LogP contribution in [0.15, 0.2) is 42.5 Å². The number of rotatable bonds is 4. The lowest BCUT2D eigenvalue weighted by Crippen LogP contribution is -2.16. The van der Waals surface area contributed by atoms with Gasteiger partial charge in [0.25, 0.3) is 5.91 Å². The zero-order chi connectivity index (χ0) is 19.0. The van der Waals surface area contributed by atoms with Crippen molar-refractivity contribution in [2.75, 3.05) is 12.4 Å². The number of amides is 1. The van der Waals surface area contributed by atoms with Gasteiger partial charge in [-0.25, -0.2) is 4.68 Å². The van der Waals surface area contributed by atoms with E-state index in [0.29, 0.717) is 11.3 Å². The van der Waals surface area contributed by atoms with Crippen LogP contribution in [0.3, 0.4) is 0 Å². The van der Waals surface area contributed by atoms with Crippen LogP contribution in [0.25, 0.3) is 5.69 Å². The summed E-state index contributed by atoms with van der Waals surface area (Å²) < 4.78 is 7.12. The van der Waals surface area contributed by atoms with E-state index in [2.05, 4.69) is 25.2 Å². The third kappa shape index (κ3) is 3.21. The van der Waals surface area contributed by atoms with Crippen LogP contribution < -0.4 is 10.1 Å². The highest BCUT2D eigenvalue weighted by Gasteiger charge is 2.25. The quantitative estimate of drug-likeness (QED) is 0.725. The van der Waals surface area contributed by atoms with Gasteiger partial charge in [0, 0.05) is 22.6 Å². The fourth-order valence-corrected chi connectivity index (χ4v) is 4.26. The number of carbonyl (C=O) groups excluding carboxylic acids is 1. The fourth-order valence-electron chi connectivity index (χ4n) is 3.22. The van der Waals surface area contributed by atoms with Crippen molar-refractivity contribution in [3.8, 4) is 11.4 Å². The molecule has 4 rings (SSSR count). The minimum Gasteiger partial charge on any atom is -0.497 e. The largest absolute Gasteiger partial charge is 0.497 e. The maximum Gasteiger partial charge on any atom is 0.256 e. The van der Waals surface area contributed by atoms with Crippen LogP contribution in [0, 0.1) is 13.8 Å². The Labute approximate surface area is 162 Å². The molecule has 27 heavy (non-hydrogen) atoms. The highest BCUT2D eigenvalue weighted by molar-refractivity contribution is 7.98. The number of nitrogens with one attached hydrogen (secondary N) is 1. The Bertz CT molecular complexity index is 1030. The maximum absolute atomic E-state index is 12.9. The molecule has 0 aliphatic carbocycles.